The molecule has 0 unspecified atom stereocenters. The molecule has 28 heavy (non-hydrogen) atoms. The third-order valence-corrected chi connectivity index (χ3v) is 3.54. The molecule has 0 aliphatic carbocycles. The number of hydrogen-bond acceptors (Lipinski definition) is 7. The number of aliphatic carboxylic acids is 1. The van der Waals surface area contributed by atoms with Crippen LogP contribution in [0.4, 0.5) is 4.79 Å². The van der Waals surface area contributed by atoms with E-state index >= 15 is 0 Å². The highest BCUT2D eigenvalue weighted by Gasteiger charge is 2.31. The number of benzene rings is 1. The second-order valence-corrected chi connectivity index (χ2v) is 5.83. The van der Waals surface area contributed by atoms with Crippen molar-refractivity contribution in [1.29, 1.82) is 0 Å². The standard InChI is InChI=1S/C18H24N2O8/c1-3-27-14(22)9-13(17(24)25)19-16(23)15(11(2)21)20-18(26)28-10-12-7-5-4-6-8-12/h4-8,11,13,15,21H,3,9-10H2,1-2H3,(H,19,23)(H,20,26)(H,24,25)/t11-,13+,15+/m1/s1. The molecule has 0 fully saturated rings. The lowest BCUT2D eigenvalue weighted by Crippen LogP contribution is -2.56. The van der Waals surface area contributed by atoms with Gasteiger partial charge in [0.1, 0.15) is 18.7 Å². The zero-order chi connectivity index (χ0) is 21.1. The first-order chi connectivity index (χ1) is 13.2. The Hall–Kier alpha value is -3.14. The molecule has 3 atom stereocenters. The minimum Gasteiger partial charge on any atom is -0.480 e. The summed E-state index contributed by atoms with van der Waals surface area (Å²) in [7, 11) is 0. The number of carbonyl (C=O) groups is 4. The third-order valence-electron chi connectivity index (χ3n) is 3.54. The fourth-order valence-electron chi connectivity index (χ4n) is 2.15. The first-order valence-corrected chi connectivity index (χ1v) is 8.58. The predicted octanol–water partition coefficient (Wildman–Crippen LogP) is 0.185. The Morgan fingerprint density at radius 2 is 1.71 bits per heavy atom. The lowest BCUT2D eigenvalue weighted by Gasteiger charge is -2.22. The highest BCUT2D eigenvalue weighted by Crippen LogP contribution is 2.03. The summed E-state index contributed by atoms with van der Waals surface area (Å²) in [5.41, 5.74) is 0.719. The lowest BCUT2D eigenvalue weighted by atomic mass is 10.1. The van der Waals surface area contributed by atoms with Gasteiger partial charge in [-0.25, -0.2) is 9.59 Å². The molecule has 0 aliphatic heterocycles. The molecular formula is C18H24N2O8. The molecule has 1 aromatic carbocycles. The number of hydrogen-bond donors (Lipinski definition) is 4. The number of esters is 1. The number of rotatable bonds is 10. The molecule has 154 valence electrons. The van der Waals surface area contributed by atoms with Crippen LogP contribution >= 0.6 is 0 Å². The molecule has 0 bridgehead atoms. The Morgan fingerprint density at radius 1 is 1.07 bits per heavy atom. The van der Waals surface area contributed by atoms with Gasteiger partial charge >= 0.3 is 18.0 Å². The molecule has 4 N–H and O–H groups in total. The number of alkyl carbamates (subject to hydrolysis) is 1. The molecule has 0 spiro atoms. The normalized spacial score (nSPS) is 13.5. The van der Waals surface area contributed by atoms with Crippen molar-refractivity contribution >= 4 is 23.9 Å². The van der Waals surface area contributed by atoms with Crippen molar-refractivity contribution in [2.75, 3.05) is 6.61 Å². The second kappa shape index (κ2) is 11.5. The van der Waals surface area contributed by atoms with Crippen LogP contribution in [0.15, 0.2) is 30.3 Å². The van der Waals surface area contributed by atoms with E-state index in [9.17, 15) is 24.3 Å². The third kappa shape index (κ3) is 8.04. The number of carboxylic acid groups (broad SMARTS) is 1. The Kier molecular flexibility index (Phi) is 9.44. The van der Waals surface area contributed by atoms with Gasteiger partial charge in [-0.2, -0.15) is 0 Å². The minimum atomic E-state index is -1.57. The van der Waals surface area contributed by atoms with Crippen LogP contribution in [0.5, 0.6) is 0 Å². The summed E-state index contributed by atoms with van der Waals surface area (Å²) >= 11 is 0. The van der Waals surface area contributed by atoms with E-state index in [1.54, 1.807) is 37.3 Å². The summed E-state index contributed by atoms with van der Waals surface area (Å²) < 4.78 is 9.63. The second-order valence-electron chi connectivity index (χ2n) is 5.83. The number of carboxylic acids is 1. The van der Waals surface area contributed by atoms with E-state index in [0.717, 1.165) is 5.56 Å². The molecule has 2 amide bonds. The molecule has 1 aromatic rings. The van der Waals surface area contributed by atoms with Crippen LogP contribution in [-0.2, 0) is 30.5 Å². The van der Waals surface area contributed by atoms with Crippen molar-refractivity contribution in [3.63, 3.8) is 0 Å². The fraction of sp³-hybridized carbons (Fsp3) is 0.444. The van der Waals surface area contributed by atoms with Crippen molar-refractivity contribution in [2.45, 2.75) is 45.1 Å². The summed E-state index contributed by atoms with van der Waals surface area (Å²) in [4.78, 5) is 46.9. The highest BCUT2D eigenvalue weighted by atomic mass is 16.5. The molecule has 10 nitrogen and oxygen atoms in total. The van der Waals surface area contributed by atoms with Gasteiger partial charge in [-0.3, -0.25) is 9.59 Å². The van der Waals surface area contributed by atoms with Gasteiger partial charge in [0.05, 0.1) is 19.1 Å². The summed E-state index contributed by atoms with van der Waals surface area (Å²) in [5, 5.41) is 23.2. The Labute approximate surface area is 161 Å². The summed E-state index contributed by atoms with van der Waals surface area (Å²) in [6, 6.07) is 5.74. The first-order valence-electron chi connectivity index (χ1n) is 8.58. The predicted molar refractivity (Wildman–Crippen MR) is 96.0 cm³/mol. The van der Waals surface area contributed by atoms with Gasteiger partial charge in [-0.15, -0.1) is 0 Å². The minimum absolute atomic E-state index is 0.0541. The van der Waals surface area contributed by atoms with E-state index in [0.29, 0.717) is 0 Å². The molecule has 10 heteroatoms. The maximum atomic E-state index is 12.3. The van der Waals surface area contributed by atoms with Crippen molar-refractivity contribution in [1.82, 2.24) is 10.6 Å². The van der Waals surface area contributed by atoms with Crippen LogP contribution < -0.4 is 10.6 Å². The molecule has 0 radical (unpaired) electrons. The lowest BCUT2D eigenvalue weighted by molar-refractivity contribution is -0.150. The van der Waals surface area contributed by atoms with Crippen molar-refractivity contribution < 1.29 is 38.9 Å². The molecular weight excluding hydrogens is 372 g/mol. The van der Waals surface area contributed by atoms with Gasteiger partial charge in [0, 0.05) is 0 Å². The summed E-state index contributed by atoms with van der Waals surface area (Å²) in [5.74, 6) is -3.25. The fourth-order valence-corrected chi connectivity index (χ4v) is 2.15. The van der Waals surface area contributed by atoms with Crippen molar-refractivity contribution in [2.24, 2.45) is 0 Å². The van der Waals surface area contributed by atoms with Crippen LogP contribution in [0.25, 0.3) is 0 Å². The van der Waals surface area contributed by atoms with Crippen molar-refractivity contribution in [3.05, 3.63) is 35.9 Å². The van der Waals surface area contributed by atoms with Gasteiger partial charge < -0.3 is 30.3 Å². The monoisotopic (exact) mass is 396 g/mol. The molecule has 0 heterocycles. The van der Waals surface area contributed by atoms with E-state index < -0.39 is 48.5 Å². The highest BCUT2D eigenvalue weighted by molar-refractivity contribution is 5.91. The molecule has 0 aromatic heterocycles. The van der Waals surface area contributed by atoms with Gasteiger partial charge in [-0.1, -0.05) is 30.3 Å². The number of aliphatic hydroxyl groups excluding tert-OH is 1. The van der Waals surface area contributed by atoms with Gasteiger partial charge in [-0.05, 0) is 19.4 Å². The number of carbonyl (C=O) groups excluding carboxylic acids is 3. The molecule has 0 saturated heterocycles. The maximum Gasteiger partial charge on any atom is 0.408 e. The Balaban J connectivity index is 2.66. The molecule has 1 rings (SSSR count). The van der Waals surface area contributed by atoms with Gasteiger partial charge in [0.25, 0.3) is 0 Å². The SMILES string of the molecule is CCOC(=O)C[C@H](NC(=O)[C@@H](NC(=O)OCc1ccccc1)[C@@H](C)O)C(=O)O. The number of nitrogens with one attached hydrogen (secondary N) is 2. The maximum absolute atomic E-state index is 12.3. The van der Waals surface area contributed by atoms with Crippen LogP contribution in [0.2, 0.25) is 0 Å². The van der Waals surface area contributed by atoms with E-state index in [4.69, 9.17) is 9.84 Å². The number of amides is 2. The van der Waals surface area contributed by atoms with Crippen LogP contribution in [0, 0.1) is 0 Å². The number of aliphatic hydroxyl groups is 1. The summed E-state index contributed by atoms with van der Waals surface area (Å²) in [6.07, 6.45) is -2.91. The first kappa shape index (κ1) is 22.9. The Morgan fingerprint density at radius 3 is 2.25 bits per heavy atom. The average Bonchev–Trinajstić information content (AvgIpc) is 2.64. The average molecular weight is 396 g/mol. The Bertz CT molecular complexity index is 677. The van der Waals surface area contributed by atoms with E-state index in [1.165, 1.54) is 6.92 Å². The topological polar surface area (TPSA) is 151 Å². The molecule has 0 aliphatic rings. The van der Waals surface area contributed by atoms with Crippen LogP contribution in [0.1, 0.15) is 25.8 Å². The molecule has 0 saturated carbocycles. The van der Waals surface area contributed by atoms with Crippen LogP contribution in [-0.4, -0.2) is 58.9 Å². The van der Waals surface area contributed by atoms with E-state index in [1.807, 2.05) is 0 Å². The van der Waals surface area contributed by atoms with E-state index in [-0.39, 0.29) is 13.2 Å². The zero-order valence-corrected chi connectivity index (χ0v) is 15.6. The quantitative estimate of drug-likeness (QED) is 0.409. The van der Waals surface area contributed by atoms with Gasteiger partial charge in [0.15, 0.2) is 0 Å². The zero-order valence-electron chi connectivity index (χ0n) is 15.6. The van der Waals surface area contributed by atoms with Crippen molar-refractivity contribution in [3.8, 4) is 0 Å². The van der Waals surface area contributed by atoms with Gasteiger partial charge in [0.2, 0.25) is 5.91 Å². The van der Waals surface area contributed by atoms with E-state index in [2.05, 4.69) is 15.4 Å². The largest absolute Gasteiger partial charge is 0.480 e. The van der Waals surface area contributed by atoms with Crippen LogP contribution in [0.3, 0.4) is 0 Å². The summed E-state index contributed by atoms with van der Waals surface area (Å²) in [6.45, 7) is 2.80. The number of ether oxygens (including phenoxy) is 2. The smallest absolute Gasteiger partial charge is 0.408 e.